The van der Waals surface area contributed by atoms with Crippen molar-refractivity contribution < 1.29 is 13.9 Å². The lowest BCUT2D eigenvalue weighted by atomic mass is 9.95. The quantitative estimate of drug-likeness (QED) is 0.448. The molecule has 0 atom stereocenters. The molecule has 0 bridgehead atoms. The molecule has 0 aliphatic heterocycles. The Labute approximate surface area is 197 Å². The third kappa shape index (κ3) is 5.18. The Morgan fingerprint density at radius 1 is 1.12 bits per heavy atom. The van der Waals surface area contributed by atoms with E-state index in [1.165, 1.54) is 24.6 Å². The Morgan fingerprint density at radius 2 is 1.82 bits per heavy atom. The molecular formula is C25H33FN4O4. The molecule has 2 aliphatic carbocycles. The number of benzene rings is 1. The Kier molecular flexibility index (Phi) is 7.70. The smallest absolute Gasteiger partial charge is 0.350 e. The van der Waals surface area contributed by atoms with E-state index in [-0.39, 0.29) is 30.6 Å². The number of nitrogens with one attached hydrogen (secondary N) is 2. The maximum absolute atomic E-state index is 15.1. The molecule has 0 spiro atoms. The molecular weight excluding hydrogens is 439 g/mol. The van der Waals surface area contributed by atoms with Crippen LogP contribution in [0.2, 0.25) is 0 Å². The van der Waals surface area contributed by atoms with E-state index in [1.54, 1.807) is 17.6 Å². The van der Waals surface area contributed by atoms with Gasteiger partial charge in [-0.25, -0.2) is 14.0 Å². The first-order valence-corrected chi connectivity index (χ1v) is 12.3. The van der Waals surface area contributed by atoms with Gasteiger partial charge in [0.05, 0.1) is 29.7 Å². The van der Waals surface area contributed by atoms with Crippen LogP contribution in [0.15, 0.2) is 33.9 Å². The van der Waals surface area contributed by atoms with Gasteiger partial charge in [0.25, 0.3) is 5.56 Å². The Balaban J connectivity index is 1.72. The number of ether oxygens (including phenoxy) is 1. The van der Waals surface area contributed by atoms with Gasteiger partial charge >= 0.3 is 11.7 Å². The highest BCUT2D eigenvalue weighted by atomic mass is 19.1. The van der Waals surface area contributed by atoms with Gasteiger partial charge in [-0.3, -0.25) is 9.36 Å². The van der Waals surface area contributed by atoms with Crippen LogP contribution in [0.1, 0.15) is 70.8 Å². The molecule has 2 aliphatic rings. The van der Waals surface area contributed by atoms with E-state index in [0.717, 1.165) is 56.0 Å². The highest BCUT2D eigenvalue weighted by Gasteiger charge is 2.25. The van der Waals surface area contributed by atoms with E-state index in [1.807, 2.05) is 0 Å². The molecule has 184 valence electrons. The lowest BCUT2D eigenvalue weighted by molar-refractivity contribution is -0.137. The summed E-state index contributed by atoms with van der Waals surface area (Å²) in [6.07, 6.45) is 11.8. The maximum atomic E-state index is 15.1. The molecule has 2 fully saturated rings. The summed E-state index contributed by atoms with van der Waals surface area (Å²) in [5.74, 6) is -1.00. The summed E-state index contributed by atoms with van der Waals surface area (Å²) in [7, 11) is 0. The van der Waals surface area contributed by atoms with Crippen molar-refractivity contribution in [2.24, 2.45) is 0 Å². The van der Waals surface area contributed by atoms with Gasteiger partial charge in [-0.15, -0.1) is 0 Å². The topological polar surface area (TPSA) is 94.4 Å². The maximum Gasteiger partial charge on any atom is 0.350 e. The second-order valence-corrected chi connectivity index (χ2v) is 9.08. The fourth-order valence-corrected chi connectivity index (χ4v) is 5.07. The van der Waals surface area contributed by atoms with Gasteiger partial charge in [-0.2, -0.15) is 4.68 Å². The Bertz CT molecular complexity index is 1170. The molecule has 8 nitrogen and oxygen atoms in total. The zero-order valence-corrected chi connectivity index (χ0v) is 19.6. The largest absolute Gasteiger partial charge is 0.463 e. The molecule has 34 heavy (non-hydrogen) atoms. The SMILES string of the molecule is CCOC(=O)/C=C/CNn1c(=O)c2cc(F)c(NC3CCCCC3)cc2n(C2CCCC2)c1=O. The third-order valence-electron chi connectivity index (χ3n) is 6.74. The lowest BCUT2D eigenvalue weighted by Crippen LogP contribution is -2.46. The van der Waals surface area contributed by atoms with Crippen LogP contribution in [0, 0.1) is 5.82 Å². The molecule has 1 aromatic heterocycles. The van der Waals surface area contributed by atoms with Crippen molar-refractivity contribution in [3.63, 3.8) is 0 Å². The fraction of sp³-hybridized carbons (Fsp3) is 0.560. The van der Waals surface area contributed by atoms with E-state index < -0.39 is 23.0 Å². The predicted molar refractivity (Wildman–Crippen MR) is 130 cm³/mol. The van der Waals surface area contributed by atoms with E-state index in [9.17, 15) is 14.4 Å². The summed E-state index contributed by atoms with van der Waals surface area (Å²) in [6.45, 7) is 2.03. The van der Waals surface area contributed by atoms with Gasteiger partial charge in [0.15, 0.2) is 0 Å². The number of hydrogen-bond acceptors (Lipinski definition) is 6. The van der Waals surface area contributed by atoms with Crippen LogP contribution >= 0.6 is 0 Å². The minimum atomic E-state index is -0.609. The van der Waals surface area contributed by atoms with Crippen LogP contribution in [0.4, 0.5) is 10.1 Å². The summed E-state index contributed by atoms with van der Waals surface area (Å²) in [5.41, 5.74) is 2.48. The van der Waals surface area contributed by atoms with Gasteiger partial charge in [0, 0.05) is 18.2 Å². The molecule has 2 aromatic rings. The number of aromatic nitrogens is 2. The standard InChI is InChI=1S/C25H33FN4O4/c1-2-34-23(31)13-8-14-27-30-24(32)19-15-20(26)21(28-17-9-4-3-5-10-17)16-22(19)29(25(30)33)18-11-6-7-12-18/h8,13,15-18,27-28H,2-7,9-12,14H2,1H3/b13-8+. The molecule has 2 N–H and O–H groups in total. The average molecular weight is 473 g/mol. The number of carbonyl (C=O) groups is 1. The van der Waals surface area contributed by atoms with Gasteiger partial charge in [0.2, 0.25) is 0 Å². The summed E-state index contributed by atoms with van der Waals surface area (Å²) < 4.78 is 22.5. The Hall–Kier alpha value is -3.10. The molecule has 2 saturated carbocycles. The van der Waals surface area contributed by atoms with Crippen molar-refractivity contribution in [1.82, 2.24) is 9.24 Å². The van der Waals surface area contributed by atoms with E-state index in [4.69, 9.17) is 4.74 Å². The van der Waals surface area contributed by atoms with Crippen LogP contribution < -0.4 is 22.0 Å². The van der Waals surface area contributed by atoms with Crippen LogP contribution in [0.5, 0.6) is 0 Å². The van der Waals surface area contributed by atoms with Crippen LogP contribution in [-0.2, 0) is 9.53 Å². The second-order valence-electron chi connectivity index (χ2n) is 9.08. The number of carbonyl (C=O) groups excluding carboxylic acids is 1. The third-order valence-corrected chi connectivity index (χ3v) is 6.74. The second kappa shape index (κ2) is 10.9. The minimum Gasteiger partial charge on any atom is -0.463 e. The predicted octanol–water partition coefficient (Wildman–Crippen LogP) is 3.82. The van der Waals surface area contributed by atoms with Crippen molar-refractivity contribution in [2.75, 3.05) is 23.9 Å². The number of halogens is 1. The lowest BCUT2D eigenvalue weighted by Gasteiger charge is -2.25. The molecule has 1 aromatic carbocycles. The molecule has 0 amide bonds. The van der Waals surface area contributed by atoms with E-state index in [0.29, 0.717) is 11.2 Å². The fourth-order valence-electron chi connectivity index (χ4n) is 5.07. The molecule has 0 unspecified atom stereocenters. The molecule has 1 heterocycles. The summed E-state index contributed by atoms with van der Waals surface area (Å²) in [4.78, 5) is 38.1. The number of nitrogens with zero attached hydrogens (tertiary/aromatic N) is 2. The number of fused-ring (bicyclic) bond motifs is 1. The van der Waals surface area contributed by atoms with Crippen molar-refractivity contribution in [1.29, 1.82) is 0 Å². The summed E-state index contributed by atoms with van der Waals surface area (Å²) in [6, 6.07) is 3.01. The van der Waals surface area contributed by atoms with E-state index in [2.05, 4.69) is 10.7 Å². The first kappa shape index (κ1) is 24.0. The van der Waals surface area contributed by atoms with E-state index >= 15 is 4.39 Å². The van der Waals surface area contributed by atoms with Crippen molar-refractivity contribution in [3.8, 4) is 0 Å². The van der Waals surface area contributed by atoms with Gasteiger partial charge in [-0.1, -0.05) is 38.2 Å². The average Bonchev–Trinajstić information content (AvgIpc) is 3.35. The highest BCUT2D eigenvalue weighted by molar-refractivity contribution is 5.83. The first-order chi connectivity index (χ1) is 16.5. The van der Waals surface area contributed by atoms with Crippen LogP contribution in [-0.4, -0.2) is 34.4 Å². The summed E-state index contributed by atoms with van der Waals surface area (Å²) >= 11 is 0. The highest BCUT2D eigenvalue weighted by Crippen LogP contribution is 2.32. The summed E-state index contributed by atoms with van der Waals surface area (Å²) in [5, 5.41) is 3.46. The van der Waals surface area contributed by atoms with Crippen molar-refractivity contribution in [3.05, 3.63) is 50.9 Å². The van der Waals surface area contributed by atoms with Crippen molar-refractivity contribution >= 4 is 22.6 Å². The Morgan fingerprint density at radius 3 is 2.53 bits per heavy atom. The monoisotopic (exact) mass is 472 g/mol. The number of rotatable bonds is 8. The van der Waals surface area contributed by atoms with Crippen LogP contribution in [0.25, 0.3) is 10.9 Å². The minimum absolute atomic E-state index is 0.0493. The normalized spacial score (nSPS) is 17.5. The van der Waals surface area contributed by atoms with Gasteiger partial charge < -0.3 is 15.5 Å². The van der Waals surface area contributed by atoms with Crippen molar-refractivity contribution in [2.45, 2.75) is 76.8 Å². The van der Waals surface area contributed by atoms with Gasteiger partial charge in [-0.05, 0) is 44.7 Å². The van der Waals surface area contributed by atoms with Gasteiger partial charge in [0.1, 0.15) is 5.82 Å². The first-order valence-electron chi connectivity index (χ1n) is 12.3. The zero-order chi connectivity index (χ0) is 24.1. The molecule has 0 saturated heterocycles. The number of anilines is 1. The number of hydrogen-bond donors (Lipinski definition) is 2. The molecule has 4 rings (SSSR count). The molecule has 0 radical (unpaired) electrons. The zero-order valence-electron chi connectivity index (χ0n) is 19.6. The molecule has 9 heteroatoms. The number of esters is 1. The van der Waals surface area contributed by atoms with Crippen LogP contribution in [0.3, 0.4) is 0 Å².